The van der Waals surface area contributed by atoms with Crippen molar-refractivity contribution in [3.63, 3.8) is 0 Å². The van der Waals surface area contributed by atoms with Gasteiger partial charge in [-0.1, -0.05) is 34.6 Å². The number of piperidine rings is 1. The lowest BCUT2D eigenvalue weighted by Crippen LogP contribution is -2.34. The minimum absolute atomic E-state index is 0.763. The first-order chi connectivity index (χ1) is 5.79. The first kappa shape index (κ1) is 14.5. The fraction of sp³-hybridized carbons (Fsp3) is 1.00. The molecule has 2 atom stereocenters. The van der Waals surface area contributed by atoms with Gasteiger partial charge in [0.25, 0.3) is 0 Å². The summed E-state index contributed by atoms with van der Waals surface area (Å²) in [5, 5.41) is 3.41. The Hall–Kier alpha value is -0.0400. The van der Waals surface area contributed by atoms with Crippen LogP contribution >= 0.6 is 0 Å². The van der Waals surface area contributed by atoms with Crippen LogP contribution in [0.25, 0.3) is 0 Å². The number of nitrogens with one attached hydrogen (secondary N) is 1. The zero-order chi connectivity index (χ0) is 9.98. The summed E-state index contributed by atoms with van der Waals surface area (Å²) in [6, 6.07) is 0.763. The van der Waals surface area contributed by atoms with Crippen LogP contribution in [0.1, 0.15) is 54.4 Å². The molecule has 0 bridgehead atoms. The summed E-state index contributed by atoms with van der Waals surface area (Å²) in [6.45, 7) is 13.8. The summed E-state index contributed by atoms with van der Waals surface area (Å²) in [7, 11) is 0. The van der Waals surface area contributed by atoms with E-state index < -0.39 is 0 Å². The van der Waals surface area contributed by atoms with Crippen LogP contribution in [-0.4, -0.2) is 12.6 Å². The summed E-state index contributed by atoms with van der Waals surface area (Å²) in [6.07, 6.45) is 2.73. The van der Waals surface area contributed by atoms with E-state index in [1.54, 1.807) is 0 Å². The molecule has 1 heterocycles. The molecule has 2 unspecified atom stereocenters. The number of rotatable bonds is 0. The molecule has 1 aliphatic heterocycles. The molecule has 76 valence electrons. The van der Waals surface area contributed by atoms with Crippen LogP contribution in [0.4, 0.5) is 0 Å². The Labute approximate surface area is 78.9 Å². The Morgan fingerprint density at radius 2 is 1.50 bits per heavy atom. The molecule has 1 aliphatic rings. The predicted molar refractivity (Wildman–Crippen MR) is 58.6 cm³/mol. The van der Waals surface area contributed by atoms with Crippen molar-refractivity contribution in [1.82, 2.24) is 5.32 Å². The fourth-order valence-electron chi connectivity index (χ4n) is 1.38. The van der Waals surface area contributed by atoms with Crippen molar-refractivity contribution in [2.45, 2.75) is 60.4 Å². The highest BCUT2D eigenvalue weighted by atomic mass is 14.9. The SMILES string of the molecule is CC.CC.CC1CCNC(C)C1. The van der Waals surface area contributed by atoms with Gasteiger partial charge in [-0.25, -0.2) is 0 Å². The van der Waals surface area contributed by atoms with Gasteiger partial charge in [0.05, 0.1) is 0 Å². The third-order valence-electron chi connectivity index (χ3n) is 1.89. The van der Waals surface area contributed by atoms with Crippen LogP contribution in [0, 0.1) is 5.92 Å². The van der Waals surface area contributed by atoms with Gasteiger partial charge in [-0.15, -0.1) is 0 Å². The topological polar surface area (TPSA) is 12.0 Å². The van der Waals surface area contributed by atoms with Crippen LogP contribution in [0.3, 0.4) is 0 Å². The van der Waals surface area contributed by atoms with Gasteiger partial charge < -0.3 is 5.32 Å². The maximum atomic E-state index is 3.41. The summed E-state index contributed by atoms with van der Waals surface area (Å²) in [4.78, 5) is 0. The molecule has 0 aliphatic carbocycles. The van der Waals surface area contributed by atoms with Crippen molar-refractivity contribution in [1.29, 1.82) is 0 Å². The van der Waals surface area contributed by atoms with E-state index in [-0.39, 0.29) is 0 Å². The summed E-state index contributed by atoms with van der Waals surface area (Å²) >= 11 is 0. The van der Waals surface area contributed by atoms with Crippen molar-refractivity contribution in [3.8, 4) is 0 Å². The standard InChI is InChI=1S/C7H15N.2C2H6/c1-6-3-4-8-7(2)5-6;2*1-2/h6-8H,3-5H2,1-2H3;2*1-2H3. The first-order valence-electron chi connectivity index (χ1n) is 5.52. The van der Waals surface area contributed by atoms with E-state index in [1.807, 2.05) is 27.7 Å². The largest absolute Gasteiger partial charge is 0.314 e. The summed E-state index contributed by atoms with van der Waals surface area (Å²) in [5.74, 6) is 0.950. The second-order valence-electron chi connectivity index (χ2n) is 2.98. The van der Waals surface area contributed by atoms with Crippen molar-refractivity contribution in [2.24, 2.45) is 5.92 Å². The molecule has 1 heteroatoms. The Morgan fingerprint density at radius 1 is 1.00 bits per heavy atom. The Balaban J connectivity index is 0. The fourth-order valence-corrected chi connectivity index (χ4v) is 1.38. The molecule has 1 N–H and O–H groups in total. The molecule has 0 amide bonds. The molecule has 1 fully saturated rings. The zero-order valence-electron chi connectivity index (χ0n) is 9.78. The summed E-state index contributed by atoms with van der Waals surface area (Å²) < 4.78 is 0. The van der Waals surface area contributed by atoms with Gasteiger partial charge in [-0.3, -0.25) is 0 Å². The highest BCUT2D eigenvalue weighted by Crippen LogP contribution is 2.13. The van der Waals surface area contributed by atoms with Crippen molar-refractivity contribution < 1.29 is 0 Å². The van der Waals surface area contributed by atoms with Gasteiger partial charge in [0, 0.05) is 6.04 Å². The summed E-state index contributed by atoms with van der Waals surface area (Å²) in [5.41, 5.74) is 0. The highest BCUT2D eigenvalue weighted by Gasteiger charge is 2.12. The minimum Gasteiger partial charge on any atom is -0.314 e. The number of hydrogen-bond donors (Lipinski definition) is 1. The second kappa shape index (κ2) is 11.0. The molecule has 1 rings (SSSR count). The van der Waals surface area contributed by atoms with Crippen molar-refractivity contribution in [3.05, 3.63) is 0 Å². The van der Waals surface area contributed by atoms with Crippen molar-refractivity contribution in [2.75, 3.05) is 6.54 Å². The lowest BCUT2D eigenvalue weighted by molar-refractivity contribution is 0.336. The third kappa shape index (κ3) is 8.06. The van der Waals surface area contributed by atoms with E-state index in [0.717, 1.165) is 12.0 Å². The molecule has 0 saturated carbocycles. The molecular formula is C11H27N. The maximum absolute atomic E-state index is 3.41. The van der Waals surface area contributed by atoms with E-state index >= 15 is 0 Å². The Morgan fingerprint density at radius 3 is 1.75 bits per heavy atom. The third-order valence-corrected chi connectivity index (χ3v) is 1.89. The maximum Gasteiger partial charge on any atom is 0.00412 e. The molecule has 0 radical (unpaired) electrons. The number of hydrogen-bond acceptors (Lipinski definition) is 1. The van der Waals surface area contributed by atoms with E-state index in [9.17, 15) is 0 Å². The van der Waals surface area contributed by atoms with Crippen LogP contribution in [0.15, 0.2) is 0 Å². The van der Waals surface area contributed by atoms with Gasteiger partial charge >= 0.3 is 0 Å². The zero-order valence-corrected chi connectivity index (χ0v) is 9.78. The molecule has 0 aromatic carbocycles. The highest BCUT2D eigenvalue weighted by molar-refractivity contribution is 4.71. The van der Waals surface area contributed by atoms with E-state index in [1.165, 1.54) is 19.4 Å². The predicted octanol–water partition coefficient (Wildman–Crippen LogP) is 3.45. The van der Waals surface area contributed by atoms with Gasteiger partial charge in [0.2, 0.25) is 0 Å². The molecule has 1 nitrogen and oxygen atoms in total. The molecule has 1 saturated heterocycles. The normalized spacial score (nSPS) is 27.5. The Kier molecular flexibility index (Phi) is 13.2. The van der Waals surface area contributed by atoms with Gasteiger partial charge in [0.15, 0.2) is 0 Å². The van der Waals surface area contributed by atoms with Gasteiger partial charge in [-0.05, 0) is 32.2 Å². The average molecular weight is 173 g/mol. The average Bonchev–Trinajstić information content (AvgIpc) is 2.11. The van der Waals surface area contributed by atoms with E-state index in [2.05, 4.69) is 19.2 Å². The van der Waals surface area contributed by atoms with Gasteiger partial charge in [-0.2, -0.15) is 0 Å². The smallest absolute Gasteiger partial charge is 0.00412 e. The lowest BCUT2D eigenvalue weighted by Gasteiger charge is -2.24. The first-order valence-corrected chi connectivity index (χ1v) is 5.52. The van der Waals surface area contributed by atoms with Crippen LogP contribution in [0.5, 0.6) is 0 Å². The van der Waals surface area contributed by atoms with E-state index in [0.29, 0.717) is 0 Å². The molecule has 0 aromatic heterocycles. The quantitative estimate of drug-likeness (QED) is 0.591. The van der Waals surface area contributed by atoms with E-state index in [4.69, 9.17) is 0 Å². The van der Waals surface area contributed by atoms with Crippen molar-refractivity contribution >= 4 is 0 Å². The molecule has 0 aromatic rings. The Bertz CT molecular complexity index is 63.4. The lowest BCUT2D eigenvalue weighted by atomic mass is 9.96. The van der Waals surface area contributed by atoms with Crippen LogP contribution < -0.4 is 5.32 Å². The molecule has 0 spiro atoms. The van der Waals surface area contributed by atoms with Crippen LogP contribution in [-0.2, 0) is 0 Å². The van der Waals surface area contributed by atoms with Crippen LogP contribution in [0.2, 0.25) is 0 Å². The molecule has 12 heavy (non-hydrogen) atoms. The monoisotopic (exact) mass is 173 g/mol. The second-order valence-corrected chi connectivity index (χ2v) is 2.98. The molecular weight excluding hydrogens is 146 g/mol. The van der Waals surface area contributed by atoms with Gasteiger partial charge in [0.1, 0.15) is 0 Å². The minimum atomic E-state index is 0.763.